The summed E-state index contributed by atoms with van der Waals surface area (Å²) in [5.74, 6) is -0.962. The van der Waals surface area contributed by atoms with Gasteiger partial charge in [0.2, 0.25) is 10.0 Å². The summed E-state index contributed by atoms with van der Waals surface area (Å²) in [7, 11) is -3.97. The number of allylic oxidation sites excluding steroid dienone is 3. The largest absolute Gasteiger partial charge is 0.415 e. The van der Waals surface area contributed by atoms with Crippen molar-refractivity contribution in [2.45, 2.75) is 45.4 Å². The van der Waals surface area contributed by atoms with Crippen LogP contribution in [0.25, 0.3) is 0 Å². The minimum atomic E-state index is -4.90. The number of aliphatic hydroxyl groups excluding tert-OH is 1. The molecule has 0 bridgehead atoms. The van der Waals surface area contributed by atoms with Crippen LogP contribution in [0.4, 0.5) is 23.2 Å². The molecule has 2 aliphatic carbocycles. The highest BCUT2D eigenvalue weighted by atomic mass is 32.2. The molecule has 4 rings (SSSR count). The van der Waals surface area contributed by atoms with Crippen LogP contribution in [-0.2, 0) is 10.0 Å². The molecule has 11 heteroatoms. The number of benzene rings is 1. The summed E-state index contributed by atoms with van der Waals surface area (Å²) >= 11 is 0. The molecule has 0 spiro atoms. The van der Waals surface area contributed by atoms with Crippen molar-refractivity contribution in [1.82, 2.24) is 9.73 Å². The summed E-state index contributed by atoms with van der Waals surface area (Å²) in [5, 5.41) is 11.5. The van der Waals surface area contributed by atoms with Crippen molar-refractivity contribution in [1.29, 1.82) is 0 Å². The SMILES string of the molecule is CCCS(=O)(=O)N(CC(O)C(F)(F)F)C[C@H]1CCC2=C1[C@@H](C)C1=CNN(c3ccc(F)cc3)C1=C2. The molecular formula is C24H29F4N3O3S. The van der Waals surface area contributed by atoms with Gasteiger partial charge in [0.15, 0.2) is 6.10 Å². The predicted octanol–water partition coefficient (Wildman–Crippen LogP) is 4.24. The molecular weight excluding hydrogens is 486 g/mol. The lowest BCUT2D eigenvalue weighted by molar-refractivity contribution is -0.205. The van der Waals surface area contributed by atoms with Gasteiger partial charge in [0, 0.05) is 30.8 Å². The Kier molecular flexibility index (Phi) is 7.05. The van der Waals surface area contributed by atoms with Gasteiger partial charge in [-0.1, -0.05) is 19.4 Å². The van der Waals surface area contributed by atoms with E-state index in [-0.39, 0.29) is 36.4 Å². The third-order valence-electron chi connectivity index (χ3n) is 6.82. The van der Waals surface area contributed by atoms with Crippen LogP contribution < -0.4 is 10.4 Å². The topological polar surface area (TPSA) is 72.9 Å². The van der Waals surface area contributed by atoms with Crippen LogP contribution in [0.2, 0.25) is 0 Å². The molecule has 0 fully saturated rings. The van der Waals surface area contributed by atoms with Gasteiger partial charge in [0.25, 0.3) is 0 Å². The van der Waals surface area contributed by atoms with Gasteiger partial charge in [-0.05, 0) is 61.1 Å². The number of rotatable bonds is 8. The minimum absolute atomic E-state index is 0.0845. The van der Waals surface area contributed by atoms with Crippen LogP contribution in [-0.4, -0.2) is 49.0 Å². The Morgan fingerprint density at radius 3 is 2.57 bits per heavy atom. The summed E-state index contributed by atoms with van der Waals surface area (Å²) in [5.41, 5.74) is 7.87. The van der Waals surface area contributed by atoms with Gasteiger partial charge in [0.1, 0.15) is 5.82 Å². The molecule has 1 aromatic rings. The van der Waals surface area contributed by atoms with Crippen LogP contribution in [0.1, 0.15) is 33.1 Å². The Bertz CT molecular complexity index is 1160. The van der Waals surface area contributed by atoms with E-state index in [0.717, 1.165) is 32.4 Å². The number of hydrogen-bond donors (Lipinski definition) is 2. The molecule has 0 aromatic heterocycles. The van der Waals surface area contributed by atoms with E-state index in [0.29, 0.717) is 12.8 Å². The normalized spacial score (nSPS) is 23.1. The second-order valence-electron chi connectivity index (χ2n) is 9.20. The summed E-state index contributed by atoms with van der Waals surface area (Å²) in [6.07, 6.45) is -2.25. The molecule has 1 aliphatic heterocycles. The zero-order chi connectivity index (χ0) is 25.5. The van der Waals surface area contributed by atoms with Gasteiger partial charge in [-0.2, -0.15) is 17.5 Å². The fraction of sp³-hybridized carbons (Fsp3) is 0.500. The molecule has 1 heterocycles. The molecule has 3 atom stereocenters. The molecule has 0 amide bonds. The van der Waals surface area contributed by atoms with Crippen LogP contribution in [0.3, 0.4) is 0 Å². The standard InChI is InChI=1S/C24H29F4N3O3S/c1-3-10-35(33,34)30(14-22(32)24(26,27)28)13-17-5-4-16-11-21-20(15(2)23(16)17)12-29-31(21)19-8-6-18(25)7-9-19/h6-9,11-12,15,17,22,29,32H,3-5,10,13-14H2,1-2H3/t15-,17+,22?/m0/s1. The molecule has 2 N–H and O–H groups in total. The first-order chi connectivity index (χ1) is 16.4. The Hall–Kier alpha value is -2.37. The van der Waals surface area contributed by atoms with Crippen molar-refractivity contribution in [3.05, 3.63) is 64.8 Å². The summed E-state index contributed by atoms with van der Waals surface area (Å²) in [6, 6.07) is 6.07. The van der Waals surface area contributed by atoms with E-state index in [1.54, 1.807) is 19.1 Å². The minimum Gasteiger partial charge on any atom is -0.382 e. The van der Waals surface area contributed by atoms with E-state index in [1.807, 2.05) is 24.2 Å². The Labute approximate surface area is 202 Å². The van der Waals surface area contributed by atoms with Crippen LogP contribution in [0, 0.1) is 17.7 Å². The first kappa shape index (κ1) is 25.7. The number of hydrazine groups is 1. The van der Waals surface area contributed by atoms with Crippen LogP contribution >= 0.6 is 0 Å². The molecule has 1 unspecified atom stereocenters. The van der Waals surface area contributed by atoms with Crippen LogP contribution in [0.5, 0.6) is 0 Å². The highest BCUT2D eigenvalue weighted by Crippen LogP contribution is 2.48. The maximum absolute atomic E-state index is 13.4. The van der Waals surface area contributed by atoms with Crippen LogP contribution in [0.15, 0.2) is 59.0 Å². The predicted molar refractivity (Wildman–Crippen MR) is 125 cm³/mol. The smallest absolute Gasteiger partial charge is 0.382 e. The average Bonchev–Trinajstić information content (AvgIpc) is 3.38. The van der Waals surface area contributed by atoms with Crippen molar-refractivity contribution < 1.29 is 31.1 Å². The molecule has 0 saturated carbocycles. The quantitative estimate of drug-likeness (QED) is 0.507. The van der Waals surface area contributed by atoms with E-state index in [2.05, 4.69) is 5.43 Å². The molecule has 192 valence electrons. The highest BCUT2D eigenvalue weighted by Gasteiger charge is 2.43. The van der Waals surface area contributed by atoms with Gasteiger partial charge >= 0.3 is 6.18 Å². The monoisotopic (exact) mass is 515 g/mol. The molecule has 6 nitrogen and oxygen atoms in total. The van der Waals surface area contributed by atoms with Gasteiger partial charge in [0.05, 0.1) is 17.1 Å². The molecule has 1 aromatic carbocycles. The first-order valence-corrected chi connectivity index (χ1v) is 13.2. The Morgan fingerprint density at radius 1 is 1.26 bits per heavy atom. The fourth-order valence-electron chi connectivity index (χ4n) is 5.14. The number of fused-ring (bicyclic) bond motifs is 1. The zero-order valence-corrected chi connectivity index (χ0v) is 20.3. The number of anilines is 1. The lowest BCUT2D eigenvalue weighted by Gasteiger charge is -2.32. The average molecular weight is 516 g/mol. The van der Waals surface area contributed by atoms with Gasteiger partial charge in [-0.25, -0.2) is 12.8 Å². The lowest BCUT2D eigenvalue weighted by Crippen LogP contribution is -2.46. The number of nitrogens with zero attached hydrogens (tertiary/aromatic N) is 2. The zero-order valence-electron chi connectivity index (χ0n) is 19.5. The summed E-state index contributed by atoms with van der Waals surface area (Å²) < 4.78 is 78.9. The second-order valence-corrected chi connectivity index (χ2v) is 11.3. The van der Waals surface area contributed by atoms with Crippen molar-refractivity contribution in [3.63, 3.8) is 0 Å². The first-order valence-electron chi connectivity index (χ1n) is 11.6. The third-order valence-corrected chi connectivity index (χ3v) is 8.83. The third kappa shape index (κ3) is 5.12. The Balaban J connectivity index is 1.61. The lowest BCUT2D eigenvalue weighted by atomic mass is 9.80. The van der Waals surface area contributed by atoms with E-state index in [1.165, 1.54) is 12.1 Å². The maximum Gasteiger partial charge on any atom is 0.415 e. The number of sulfonamides is 1. The highest BCUT2D eigenvalue weighted by molar-refractivity contribution is 7.89. The van der Waals surface area contributed by atoms with Crippen molar-refractivity contribution in [2.24, 2.45) is 11.8 Å². The molecule has 0 saturated heterocycles. The molecule has 35 heavy (non-hydrogen) atoms. The van der Waals surface area contributed by atoms with Gasteiger partial charge < -0.3 is 10.5 Å². The van der Waals surface area contributed by atoms with Gasteiger partial charge in [-0.15, -0.1) is 0 Å². The number of aliphatic hydroxyl groups is 1. The van der Waals surface area contributed by atoms with Crippen molar-refractivity contribution >= 4 is 15.7 Å². The number of nitrogens with one attached hydrogen (secondary N) is 1. The molecule has 3 aliphatic rings. The van der Waals surface area contributed by atoms with Gasteiger partial charge in [-0.3, -0.25) is 5.01 Å². The molecule has 0 radical (unpaired) electrons. The van der Waals surface area contributed by atoms with E-state index >= 15 is 0 Å². The summed E-state index contributed by atoms with van der Waals surface area (Å²) in [6.45, 7) is 2.53. The van der Waals surface area contributed by atoms with E-state index < -0.39 is 28.8 Å². The maximum atomic E-state index is 13.4. The van der Waals surface area contributed by atoms with Crippen molar-refractivity contribution in [3.8, 4) is 0 Å². The van der Waals surface area contributed by atoms with Crippen molar-refractivity contribution in [2.75, 3.05) is 23.9 Å². The number of hydrogen-bond acceptors (Lipinski definition) is 5. The number of alkyl halides is 3. The number of halogens is 4. The Morgan fingerprint density at radius 2 is 1.94 bits per heavy atom. The van der Waals surface area contributed by atoms with E-state index in [4.69, 9.17) is 0 Å². The fourth-order valence-corrected chi connectivity index (χ4v) is 6.69. The summed E-state index contributed by atoms with van der Waals surface area (Å²) in [4.78, 5) is 0. The second kappa shape index (κ2) is 9.59. The van der Waals surface area contributed by atoms with E-state index in [9.17, 15) is 31.1 Å².